The van der Waals surface area contributed by atoms with Gasteiger partial charge in [0, 0.05) is 5.69 Å². The number of benzene rings is 4. The molecule has 0 amide bonds. The van der Waals surface area contributed by atoms with Gasteiger partial charge < -0.3 is 4.90 Å². The average Bonchev–Trinajstić information content (AvgIpc) is 3.42. The van der Waals surface area contributed by atoms with Crippen molar-refractivity contribution in [3.63, 3.8) is 0 Å². The van der Waals surface area contributed by atoms with Crippen molar-refractivity contribution in [3.05, 3.63) is 102 Å². The smallest absolute Gasteiger partial charge is 0.0709 e. The van der Waals surface area contributed by atoms with Gasteiger partial charge in [-0.3, -0.25) is 0 Å². The molecule has 0 radical (unpaired) electrons. The molecule has 1 heteroatoms. The van der Waals surface area contributed by atoms with Crippen LogP contribution < -0.4 is 4.90 Å². The second-order valence-electron chi connectivity index (χ2n) is 7.28. The van der Waals surface area contributed by atoms with Crippen molar-refractivity contribution < 1.29 is 0 Å². The molecule has 27 heavy (non-hydrogen) atoms. The fourth-order valence-corrected chi connectivity index (χ4v) is 3.86. The van der Waals surface area contributed by atoms with E-state index in [-0.39, 0.29) is 0 Å². The Bertz CT molecular complexity index is 1140. The van der Waals surface area contributed by atoms with E-state index in [0.29, 0.717) is 0 Å². The number of hydrogen-bond donors (Lipinski definition) is 0. The molecule has 4 aromatic rings. The highest BCUT2D eigenvalue weighted by atomic mass is 15.3. The van der Waals surface area contributed by atoms with Crippen LogP contribution in [0.2, 0.25) is 0 Å². The summed E-state index contributed by atoms with van der Waals surface area (Å²) < 4.78 is 0. The van der Waals surface area contributed by atoms with Gasteiger partial charge in [-0.15, -0.1) is 0 Å². The maximum Gasteiger partial charge on any atom is 0.0709 e. The Morgan fingerprint density at radius 3 is 1.93 bits per heavy atom. The molecular formula is C26H21N. The van der Waals surface area contributed by atoms with E-state index in [1.54, 1.807) is 0 Å². The topological polar surface area (TPSA) is 3.01 Å². The zero-order chi connectivity index (χ0) is 18.4. The average molecular weight is 347 g/mol. The zero-order valence-corrected chi connectivity index (χ0v) is 15.6. The zero-order valence-electron chi connectivity index (χ0n) is 15.6. The highest BCUT2D eigenvalue weighted by molar-refractivity contribution is 6.03. The third-order valence-electron chi connectivity index (χ3n) is 5.30. The Hall–Kier alpha value is -3.32. The van der Waals surface area contributed by atoms with Gasteiger partial charge in [0.25, 0.3) is 0 Å². The van der Waals surface area contributed by atoms with Gasteiger partial charge in [0.15, 0.2) is 0 Å². The molecule has 4 aromatic carbocycles. The lowest BCUT2D eigenvalue weighted by atomic mass is 9.99. The SMILES string of the molecule is Cc1ccc(N2c3ccc(-c4cccc(-c5ccccc5)c4)cc32)c(C)c1. The lowest BCUT2D eigenvalue weighted by molar-refractivity contribution is 1.34. The number of fused-ring (bicyclic) bond motifs is 1. The van der Waals surface area contributed by atoms with Gasteiger partial charge in [0.05, 0.1) is 11.4 Å². The molecule has 0 spiro atoms. The molecule has 0 N–H and O–H groups in total. The molecule has 1 heterocycles. The van der Waals surface area contributed by atoms with Crippen LogP contribution in [-0.4, -0.2) is 0 Å². The minimum atomic E-state index is 1.25. The Morgan fingerprint density at radius 2 is 1.15 bits per heavy atom. The molecule has 0 aliphatic carbocycles. The minimum absolute atomic E-state index is 1.25. The molecule has 5 rings (SSSR count). The summed E-state index contributed by atoms with van der Waals surface area (Å²) in [6.45, 7) is 4.33. The Morgan fingerprint density at radius 1 is 0.481 bits per heavy atom. The lowest BCUT2D eigenvalue weighted by Gasteiger charge is -2.08. The third kappa shape index (κ3) is 2.82. The molecule has 130 valence electrons. The van der Waals surface area contributed by atoms with Gasteiger partial charge in [-0.1, -0.05) is 72.3 Å². The second-order valence-corrected chi connectivity index (χ2v) is 7.28. The van der Waals surface area contributed by atoms with Crippen LogP contribution in [0, 0.1) is 13.8 Å². The fourth-order valence-electron chi connectivity index (χ4n) is 3.86. The van der Waals surface area contributed by atoms with Crippen molar-refractivity contribution >= 4 is 17.1 Å². The van der Waals surface area contributed by atoms with E-state index in [2.05, 4.69) is 110 Å². The molecule has 0 saturated carbocycles. The van der Waals surface area contributed by atoms with Crippen LogP contribution >= 0.6 is 0 Å². The molecule has 0 fully saturated rings. The van der Waals surface area contributed by atoms with E-state index in [9.17, 15) is 0 Å². The van der Waals surface area contributed by atoms with Crippen molar-refractivity contribution in [1.29, 1.82) is 0 Å². The van der Waals surface area contributed by atoms with E-state index in [1.165, 1.54) is 50.4 Å². The van der Waals surface area contributed by atoms with Crippen molar-refractivity contribution in [1.82, 2.24) is 0 Å². The van der Waals surface area contributed by atoms with Gasteiger partial charge in [-0.05, 0) is 65.9 Å². The third-order valence-corrected chi connectivity index (χ3v) is 5.30. The van der Waals surface area contributed by atoms with Crippen LogP contribution in [0.5, 0.6) is 0 Å². The summed E-state index contributed by atoms with van der Waals surface area (Å²) in [5, 5.41) is 0. The second kappa shape index (κ2) is 6.14. The summed E-state index contributed by atoms with van der Waals surface area (Å²) in [6, 6.07) is 32.8. The van der Waals surface area contributed by atoms with Crippen molar-refractivity contribution in [2.24, 2.45) is 0 Å². The fraction of sp³-hybridized carbons (Fsp3) is 0.0769. The molecule has 0 bridgehead atoms. The van der Waals surface area contributed by atoms with Crippen molar-refractivity contribution in [3.8, 4) is 22.3 Å². The van der Waals surface area contributed by atoms with Gasteiger partial charge in [-0.25, -0.2) is 0 Å². The van der Waals surface area contributed by atoms with Crippen LogP contribution in [-0.2, 0) is 0 Å². The first-order valence-electron chi connectivity index (χ1n) is 9.38. The summed E-state index contributed by atoms with van der Waals surface area (Å²) in [7, 11) is 0. The normalized spacial score (nSPS) is 12.0. The molecule has 1 aliphatic heterocycles. The van der Waals surface area contributed by atoms with E-state index >= 15 is 0 Å². The number of hydrogen-bond acceptors (Lipinski definition) is 1. The Balaban J connectivity index is 1.49. The number of rotatable bonds is 3. The number of aryl methyl sites for hydroxylation is 2. The van der Waals surface area contributed by atoms with Gasteiger partial charge in [0.2, 0.25) is 0 Å². The maximum absolute atomic E-state index is 2.35. The number of anilines is 3. The molecule has 0 unspecified atom stereocenters. The van der Waals surface area contributed by atoms with Crippen LogP contribution in [0.3, 0.4) is 0 Å². The summed E-state index contributed by atoms with van der Waals surface area (Å²) >= 11 is 0. The first-order valence-corrected chi connectivity index (χ1v) is 9.38. The molecule has 1 aliphatic rings. The predicted molar refractivity (Wildman–Crippen MR) is 115 cm³/mol. The van der Waals surface area contributed by atoms with Gasteiger partial charge >= 0.3 is 0 Å². The van der Waals surface area contributed by atoms with E-state index in [1.807, 2.05) is 0 Å². The Kier molecular flexibility index (Phi) is 3.61. The van der Waals surface area contributed by atoms with Gasteiger partial charge in [0.1, 0.15) is 0 Å². The first kappa shape index (κ1) is 15.9. The summed E-state index contributed by atoms with van der Waals surface area (Å²) in [4.78, 5) is 2.35. The monoisotopic (exact) mass is 347 g/mol. The van der Waals surface area contributed by atoms with Crippen molar-refractivity contribution in [2.75, 3.05) is 4.90 Å². The highest BCUT2D eigenvalue weighted by Crippen LogP contribution is 2.55. The standard InChI is InChI=1S/C26H21N/c1-18-11-13-24(19(2)15-18)27-25-14-12-23(17-26(25)27)22-10-6-9-21(16-22)20-7-4-3-5-8-20/h3-17H,1-2H3. The highest BCUT2D eigenvalue weighted by Gasteiger charge is 2.31. The molecule has 0 saturated heterocycles. The molecule has 0 aromatic heterocycles. The van der Waals surface area contributed by atoms with Crippen LogP contribution in [0.1, 0.15) is 11.1 Å². The lowest BCUT2D eigenvalue weighted by Crippen LogP contribution is -1.92. The largest absolute Gasteiger partial charge is 0.306 e. The summed E-state index contributed by atoms with van der Waals surface area (Å²) in [6.07, 6.45) is 0. The molecular weight excluding hydrogens is 326 g/mol. The van der Waals surface area contributed by atoms with E-state index in [0.717, 1.165) is 0 Å². The quantitative estimate of drug-likeness (QED) is 0.307. The first-order chi connectivity index (χ1) is 13.2. The maximum atomic E-state index is 2.35. The van der Waals surface area contributed by atoms with E-state index in [4.69, 9.17) is 0 Å². The van der Waals surface area contributed by atoms with Crippen LogP contribution in [0.4, 0.5) is 17.1 Å². The van der Waals surface area contributed by atoms with Gasteiger partial charge in [-0.2, -0.15) is 0 Å². The van der Waals surface area contributed by atoms with Crippen molar-refractivity contribution in [2.45, 2.75) is 13.8 Å². The summed E-state index contributed by atoms with van der Waals surface area (Å²) in [5.74, 6) is 0. The number of nitrogens with zero attached hydrogens (tertiary/aromatic N) is 1. The predicted octanol–water partition coefficient (Wildman–Crippen LogP) is 7.42. The molecule has 0 atom stereocenters. The van der Waals surface area contributed by atoms with Crippen LogP contribution in [0.25, 0.3) is 22.3 Å². The minimum Gasteiger partial charge on any atom is -0.306 e. The van der Waals surface area contributed by atoms with Crippen LogP contribution in [0.15, 0.2) is 91.0 Å². The van der Waals surface area contributed by atoms with E-state index < -0.39 is 0 Å². The summed E-state index contributed by atoms with van der Waals surface area (Å²) in [5.41, 5.74) is 11.6. The molecule has 1 nitrogen and oxygen atoms in total. The Labute approximate surface area is 160 Å².